The summed E-state index contributed by atoms with van der Waals surface area (Å²) in [7, 11) is 0. The summed E-state index contributed by atoms with van der Waals surface area (Å²) in [5.41, 5.74) is 2.87. The molecule has 1 aromatic carbocycles. The average Bonchev–Trinajstić information content (AvgIpc) is 3.60. The standard InChI is InChI=1S/C22H21N7O2S/c30-20(9-3-5-15-13-24-17-7-2-1-6-16(15)17)23-10-11-29-14-18(26-28-29)22-25-21(27-31-22)19-8-4-12-32-19/h1-2,4,6-8,12-14,24H,3,5,9-11H2,(H,23,30). The van der Waals surface area contributed by atoms with Gasteiger partial charge in [0.05, 0.1) is 17.6 Å². The van der Waals surface area contributed by atoms with E-state index in [0.717, 1.165) is 23.2 Å². The minimum absolute atomic E-state index is 0.0303. The van der Waals surface area contributed by atoms with Gasteiger partial charge in [-0.3, -0.25) is 4.79 Å². The molecule has 5 rings (SSSR count). The predicted molar refractivity (Wildman–Crippen MR) is 121 cm³/mol. The normalized spacial score (nSPS) is 11.2. The molecular weight excluding hydrogens is 426 g/mol. The maximum Gasteiger partial charge on any atom is 0.280 e. The maximum atomic E-state index is 12.2. The van der Waals surface area contributed by atoms with Crippen molar-refractivity contribution < 1.29 is 9.32 Å². The zero-order valence-electron chi connectivity index (χ0n) is 17.2. The third-order valence-corrected chi connectivity index (χ3v) is 5.98. The molecule has 0 unspecified atom stereocenters. The Balaban J connectivity index is 1.07. The number of aryl methyl sites for hydroxylation is 1. The van der Waals surface area contributed by atoms with Crippen LogP contribution in [0.2, 0.25) is 0 Å². The van der Waals surface area contributed by atoms with E-state index in [1.807, 2.05) is 35.8 Å². The van der Waals surface area contributed by atoms with Crippen molar-refractivity contribution in [2.75, 3.05) is 6.54 Å². The highest BCUT2D eigenvalue weighted by atomic mass is 32.1. The number of H-pyrrole nitrogens is 1. The van der Waals surface area contributed by atoms with Gasteiger partial charge in [-0.15, -0.1) is 16.4 Å². The van der Waals surface area contributed by atoms with Gasteiger partial charge in [0.25, 0.3) is 5.89 Å². The van der Waals surface area contributed by atoms with Gasteiger partial charge in [0, 0.05) is 30.1 Å². The van der Waals surface area contributed by atoms with Crippen molar-refractivity contribution in [3.63, 3.8) is 0 Å². The molecule has 0 radical (unpaired) electrons. The zero-order chi connectivity index (χ0) is 21.8. The van der Waals surface area contributed by atoms with Crippen molar-refractivity contribution in [2.24, 2.45) is 0 Å². The fourth-order valence-electron chi connectivity index (χ4n) is 3.52. The number of rotatable bonds is 9. The number of nitrogens with zero attached hydrogens (tertiary/aromatic N) is 5. The highest BCUT2D eigenvalue weighted by molar-refractivity contribution is 7.13. The van der Waals surface area contributed by atoms with Crippen LogP contribution in [0.3, 0.4) is 0 Å². The lowest BCUT2D eigenvalue weighted by molar-refractivity contribution is -0.121. The number of aromatic amines is 1. The van der Waals surface area contributed by atoms with Gasteiger partial charge in [-0.1, -0.05) is 34.6 Å². The van der Waals surface area contributed by atoms with E-state index in [4.69, 9.17) is 4.52 Å². The van der Waals surface area contributed by atoms with E-state index in [0.29, 0.717) is 36.9 Å². The van der Waals surface area contributed by atoms with Gasteiger partial charge in [0.15, 0.2) is 5.69 Å². The van der Waals surface area contributed by atoms with E-state index in [1.54, 1.807) is 22.2 Å². The van der Waals surface area contributed by atoms with Crippen LogP contribution >= 0.6 is 11.3 Å². The van der Waals surface area contributed by atoms with Gasteiger partial charge in [0.1, 0.15) is 0 Å². The number of hydrogen-bond donors (Lipinski definition) is 2. The fraction of sp³-hybridized carbons (Fsp3) is 0.227. The molecule has 162 valence electrons. The molecule has 9 nitrogen and oxygen atoms in total. The Morgan fingerprint density at radius 1 is 1.22 bits per heavy atom. The number of nitrogens with one attached hydrogen (secondary N) is 2. The van der Waals surface area contributed by atoms with E-state index in [9.17, 15) is 4.79 Å². The molecule has 0 aliphatic rings. The Kier molecular flexibility index (Phi) is 5.75. The third-order valence-electron chi connectivity index (χ3n) is 5.11. The molecule has 0 aliphatic heterocycles. The molecule has 0 bridgehead atoms. The van der Waals surface area contributed by atoms with E-state index in [2.05, 4.69) is 42.9 Å². The van der Waals surface area contributed by atoms with E-state index in [1.165, 1.54) is 10.9 Å². The first kappa shape index (κ1) is 20.1. The molecule has 0 atom stereocenters. The van der Waals surface area contributed by atoms with Crippen molar-refractivity contribution >= 4 is 28.1 Å². The second-order valence-corrected chi connectivity index (χ2v) is 8.28. The lowest BCUT2D eigenvalue weighted by Gasteiger charge is -2.05. The molecule has 4 heterocycles. The minimum atomic E-state index is 0.0303. The van der Waals surface area contributed by atoms with Crippen LogP contribution in [0.5, 0.6) is 0 Å². The summed E-state index contributed by atoms with van der Waals surface area (Å²) in [6, 6.07) is 12.1. The van der Waals surface area contributed by atoms with Gasteiger partial charge in [-0.05, 0) is 35.9 Å². The Morgan fingerprint density at radius 3 is 3.06 bits per heavy atom. The lowest BCUT2D eigenvalue weighted by atomic mass is 10.1. The largest absolute Gasteiger partial charge is 0.361 e. The smallest absolute Gasteiger partial charge is 0.280 e. The highest BCUT2D eigenvalue weighted by Crippen LogP contribution is 2.24. The Hall–Kier alpha value is -3.79. The molecule has 0 aliphatic carbocycles. The highest BCUT2D eigenvalue weighted by Gasteiger charge is 2.14. The van der Waals surface area contributed by atoms with Crippen LogP contribution in [0.1, 0.15) is 18.4 Å². The van der Waals surface area contributed by atoms with Crippen LogP contribution in [-0.2, 0) is 17.8 Å². The Bertz CT molecular complexity index is 1320. The first-order chi connectivity index (χ1) is 15.8. The van der Waals surface area contributed by atoms with Gasteiger partial charge >= 0.3 is 0 Å². The monoisotopic (exact) mass is 447 g/mol. The van der Waals surface area contributed by atoms with E-state index >= 15 is 0 Å². The number of amides is 1. The molecule has 0 saturated carbocycles. The van der Waals surface area contributed by atoms with Crippen molar-refractivity contribution in [1.29, 1.82) is 0 Å². The average molecular weight is 448 g/mol. The topological polar surface area (TPSA) is 115 Å². The number of hydrogen-bond acceptors (Lipinski definition) is 7. The summed E-state index contributed by atoms with van der Waals surface area (Å²) in [5, 5.41) is 18.3. The van der Waals surface area contributed by atoms with Gasteiger partial charge < -0.3 is 14.8 Å². The maximum absolute atomic E-state index is 12.2. The van der Waals surface area contributed by atoms with Crippen LogP contribution in [0.25, 0.3) is 33.2 Å². The van der Waals surface area contributed by atoms with Gasteiger partial charge in [-0.2, -0.15) is 4.98 Å². The van der Waals surface area contributed by atoms with Crippen molar-refractivity contribution in [3.8, 4) is 22.3 Å². The first-order valence-corrected chi connectivity index (χ1v) is 11.2. The molecule has 32 heavy (non-hydrogen) atoms. The second-order valence-electron chi connectivity index (χ2n) is 7.33. The van der Waals surface area contributed by atoms with Crippen LogP contribution in [0.4, 0.5) is 0 Å². The number of carbonyl (C=O) groups is 1. The Labute approximate surface area is 187 Å². The predicted octanol–water partition coefficient (Wildman–Crippen LogP) is 3.68. The summed E-state index contributed by atoms with van der Waals surface area (Å²) >= 11 is 1.54. The number of benzene rings is 1. The lowest BCUT2D eigenvalue weighted by Crippen LogP contribution is -2.27. The van der Waals surface area contributed by atoms with Crippen LogP contribution in [0.15, 0.2) is 58.7 Å². The fourth-order valence-corrected chi connectivity index (χ4v) is 4.16. The molecule has 4 aromatic heterocycles. The zero-order valence-corrected chi connectivity index (χ0v) is 18.0. The number of thiophene rings is 1. The molecule has 10 heteroatoms. The number of carbonyl (C=O) groups excluding carboxylic acids is 1. The summed E-state index contributed by atoms with van der Waals surface area (Å²) in [5.74, 6) is 0.882. The van der Waals surface area contributed by atoms with Gasteiger partial charge in [-0.25, -0.2) is 4.68 Å². The van der Waals surface area contributed by atoms with Crippen molar-refractivity contribution in [3.05, 3.63) is 59.7 Å². The number of fused-ring (bicyclic) bond motifs is 1. The van der Waals surface area contributed by atoms with Crippen LogP contribution in [0, 0.1) is 0 Å². The molecule has 0 saturated heterocycles. The van der Waals surface area contributed by atoms with Crippen LogP contribution < -0.4 is 5.32 Å². The number of aromatic nitrogens is 6. The SMILES string of the molecule is O=C(CCCc1c[nH]c2ccccc12)NCCn1cc(-c2nc(-c3cccs3)no2)nn1. The van der Waals surface area contributed by atoms with E-state index < -0.39 is 0 Å². The van der Waals surface area contributed by atoms with Crippen molar-refractivity contribution in [2.45, 2.75) is 25.8 Å². The summed E-state index contributed by atoms with van der Waals surface area (Å²) in [4.78, 5) is 20.7. The number of para-hydroxylation sites is 1. The molecule has 5 aromatic rings. The molecule has 0 spiro atoms. The molecule has 0 fully saturated rings. The Morgan fingerprint density at radius 2 is 2.16 bits per heavy atom. The first-order valence-electron chi connectivity index (χ1n) is 10.4. The van der Waals surface area contributed by atoms with E-state index in [-0.39, 0.29) is 5.91 Å². The molecular formula is C22H21N7O2S. The van der Waals surface area contributed by atoms with Gasteiger partial charge in [0.2, 0.25) is 11.7 Å². The molecule has 2 N–H and O–H groups in total. The molecule has 1 amide bonds. The minimum Gasteiger partial charge on any atom is -0.361 e. The van der Waals surface area contributed by atoms with Crippen molar-refractivity contribution in [1.82, 2.24) is 35.4 Å². The quantitative estimate of drug-likeness (QED) is 0.356. The summed E-state index contributed by atoms with van der Waals surface area (Å²) in [6.45, 7) is 0.978. The third kappa shape index (κ3) is 4.45. The summed E-state index contributed by atoms with van der Waals surface area (Å²) in [6.07, 6.45) is 5.90. The summed E-state index contributed by atoms with van der Waals surface area (Å²) < 4.78 is 6.94. The van der Waals surface area contributed by atoms with Crippen LogP contribution in [-0.4, -0.2) is 42.6 Å². The second kappa shape index (κ2) is 9.15.